The number of rotatable bonds is 3. The number of halogens is 1. The van der Waals surface area contributed by atoms with Crippen LogP contribution < -0.4 is 10.6 Å². The molecule has 1 aromatic carbocycles. The molecule has 2 N–H and O–H groups in total. The molecule has 1 unspecified atom stereocenters. The van der Waals surface area contributed by atoms with E-state index in [-0.39, 0.29) is 5.69 Å². The fraction of sp³-hybridized carbons (Fsp3) is 0.333. The molecule has 0 aromatic heterocycles. The Morgan fingerprint density at radius 3 is 2.94 bits per heavy atom. The van der Waals surface area contributed by atoms with E-state index in [1.54, 1.807) is 5.32 Å². The van der Waals surface area contributed by atoms with Crippen LogP contribution in [0.5, 0.6) is 0 Å². The van der Waals surface area contributed by atoms with Crippen molar-refractivity contribution in [3.63, 3.8) is 0 Å². The van der Waals surface area contributed by atoms with Gasteiger partial charge in [0.1, 0.15) is 5.82 Å². The van der Waals surface area contributed by atoms with Gasteiger partial charge in [0, 0.05) is 34.7 Å². The first-order valence-electron chi connectivity index (χ1n) is 7.58. The third-order valence-corrected chi connectivity index (χ3v) is 1.94. The van der Waals surface area contributed by atoms with E-state index >= 15 is 0 Å². The number of carbonyl (C=O) groups is 1. The molecule has 0 radical (unpaired) electrons. The molecule has 0 fully saturated rings. The molecule has 0 aliphatic rings. The van der Waals surface area contributed by atoms with E-state index in [2.05, 4.69) is 10.2 Å². The summed E-state index contributed by atoms with van der Waals surface area (Å²) in [6.07, 6.45) is 0. The molecular weight excluding hydrogens is 221 g/mol. The topological polar surface area (TPSA) is 45.5 Å². The van der Waals surface area contributed by atoms with Crippen LogP contribution in [0.2, 0.25) is 0 Å². The van der Waals surface area contributed by atoms with Gasteiger partial charge in [-0.05, 0) is 18.2 Å². The standard InChI is InChI=1S/C12H14FN3O/c1-12(2,15-4)16-8-5-6-9(10(13)7-8)11(17)14-3/h5-7,16H,1-3H3,(H,14,17)/i1D3,3D3. The third kappa shape index (κ3) is 3.18. The zero-order chi connectivity index (χ0) is 18.1. The minimum Gasteiger partial charge on any atom is -0.355 e. The molecule has 0 aliphatic carbocycles. The molecule has 1 amide bonds. The quantitative estimate of drug-likeness (QED) is 0.797. The van der Waals surface area contributed by atoms with Crippen molar-refractivity contribution in [2.45, 2.75) is 19.4 Å². The highest BCUT2D eigenvalue weighted by Gasteiger charge is 2.22. The molecule has 0 heterocycles. The second-order valence-corrected chi connectivity index (χ2v) is 3.46. The molecule has 1 aromatic rings. The average molecular weight is 241 g/mol. The zero-order valence-corrected chi connectivity index (χ0v) is 8.97. The van der Waals surface area contributed by atoms with Gasteiger partial charge in [-0.3, -0.25) is 9.64 Å². The Morgan fingerprint density at radius 1 is 1.65 bits per heavy atom. The molecule has 0 saturated heterocycles. The van der Waals surface area contributed by atoms with Crippen LogP contribution in [0.25, 0.3) is 4.85 Å². The number of benzene rings is 1. The molecule has 0 bridgehead atoms. The Morgan fingerprint density at radius 2 is 2.41 bits per heavy atom. The van der Waals surface area contributed by atoms with Crippen molar-refractivity contribution in [2.24, 2.45) is 0 Å². The van der Waals surface area contributed by atoms with Crippen LogP contribution in [0, 0.1) is 12.4 Å². The van der Waals surface area contributed by atoms with Crippen molar-refractivity contribution < 1.29 is 17.4 Å². The summed E-state index contributed by atoms with van der Waals surface area (Å²) < 4.78 is 56.7. The monoisotopic (exact) mass is 241 g/mol. The lowest BCUT2D eigenvalue weighted by molar-refractivity contribution is 0.0959. The Hall–Kier alpha value is -2.09. The molecule has 4 nitrogen and oxygen atoms in total. The lowest BCUT2D eigenvalue weighted by atomic mass is 10.1. The average Bonchev–Trinajstić information content (AvgIpc) is 2.35. The molecule has 0 aliphatic heterocycles. The van der Waals surface area contributed by atoms with Crippen molar-refractivity contribution in [3.05, 3.63) is 41.0 Å². The predicted molar refractivity (Wildman–Crippen MR) is 64.1 cm³/mol. The van der Waals surface area contributed by atoms with Gasteiger partial charge in [-0.1, -0.05) is 0 Å². The molecular formula is C12H14FN3O. The third-order valence-electron chi connectivity index (χ3n) is 1.94. The van der Waals surface area contributed by atoms with Gasteiger partial charge in [0.15, 0.2) is 0 Å². The number of amides is 1. The van der Waals surface area contributed by atoms with Crippen molar-refractivity contribution in [2.75, 3.05) is 12.3 Å². The second kappa shape index (κ2) is 4.83. The van der Waals surface area contributed by atoms with Gasteiger partial charge in [0.05, 0.1) is 5.56 Å². The summed E-state index contributed by atoms with van der Waals surface area (Å²) in [6, 6.07) is 3.01. The summed E-state index contributed by atoms with van der Waals surface area (Å²) in [5, 5.41) is 4.04. The molecule has 0 spiro atoms. The van der Waals surface area contributed by atoms with Crippen LogP contribution in [0.4, 0.5) is 10.1 Å². The van der Waals surface area contributed by atoms with Crippen LogP contribution >= 0.6 is 0 Å². The molecule has 90 valence electrons. The Kier molecular flexibility index (Phi) is 1.87. The van der Waals surface area contributed by atoms with E-state index in [1.807, 2.05) is 0 Å². The highest BCUT2D eigenvalue weighted by molar-refractivity contribution is 5.94. The first kappa shape index (κ1) is 6.60. The highest BCUT2D eigenvalue weighted by atomic mass is 19.1. The molecule has 17 heavy (non-hydrogen) atoms. The highest BCUT2D eigenvalue weighted by Crippen LogP contribution is 2.19. The number of carbonyl (C=O) groups excluding carboxylic acids is 1. The maximum atomic E-state index is 13.9. The fourth-order valence-corrected chi connectivity index (χ4v) is 1.15. The SMILES string of the molecule is [2H]C([2H])([2H])NC(=O)c1ccc(NC(C)([N+]#[C-])C([2H])([2H])[2H])cc1F. The van der Waals surface area contributed by atoms with Crippen LogP contribution in [0.3, 0.4) is 0 Å². The van der Waals surface area contributed by atoms with E-state index in [4.69, 9.17) is 14.8 Å². The van der Waals surface area contributed by atoms with Gasteiger partial charge in [-0.2, -0.15) is 0 Å². The summed E-state index contributed by atoms with van der Waals surface area (Å²) in [6.45, 7) is 2.72. The van der Waals surface area contributed by atoms with Crippen molar-refractivity contribution in [1.29, 1.82) is 0 Å². The van der Waals surface area contributed by atoms with Crippen molar-refractivity contribution >= 4 is 11.6 Å². The molecule has 0 saturated carbocycles. The Bertz CT molecular complexity index is 652. The van der Waals surface area contributed by atoms with E-state index < -0.39 is 36.8 Å². The second-order valence-electron chi connectivity index (χ2n) is 3.46. The predicted octanol–water partition coefficient (Wildman–Crippen LogP) is 2.25. The van der Waals surface area contributed by atoms with Crippen LogP contribution in [0.1, 0.15) is 32.4 Å². The van der Waals surface area contributed by atoms with Gasteiger partial charge in [0.25, 0.3) is 11.6 Å². The lowest BCUT2D eigenvalue weighted by Gasteiger charge is -2.15. The minimum atomic E-state index is -2.76. The van der Waals surface area contributed by atoms with E-state index in [1.165, 1.54) is 6.07 Å². The lowest BCUT2D eigenvalue weighted by Crippen LogP contribution is -2.26. The summed E-state index contributed by atoms with van der Waals surface area (Å²) in [5.41, 5.74) is -2.50. The van der Waals surface area contributed by atoms with E-state index in [0.29, 0.717) is 0 Å². The number of hydrogen-bond acceptors (Lipinski definition) is 2. The van der Waals surface area contributed by atoms with Crippen LogP contribution in [-0.2, 0) is 0 Å². The Balaban J connectivity index is 3.06. The normalized spacial score (nSPS) is 20.1. The van der Waals surface area contributed by atoms with Crippen LogP contribution in [-0.4, -0.2) is 18.5 Å². The number of nitrogens with zero attached hydrogens (tertiary/aromatic N) is 1. The fourth-order valence-electron chi connectivity index (χ4n) is 1.15. The maximum Gasteiger partial charge on any atom is 0.299 e. The van der Waals surface area contributed by atoms with Crippen LogP contribution in [0.15, 0.2) is 18.2 Å². The number of anilines is 1. The van der Waals surface area contributed by atoms with Gasteiger partial charge >= 0.3 is 0 Å². The number of nitrogens with one attached hydrogen (secondary N) is 2. The van der Waals surface area contributed by atoms with E-state index in [9.17, 15) is 9.18 Å². The largest absolute Gasteiger partial charge is 0.355 e. The summed E-state index contributed by atoms with van der Waals surface area (Å²) in [7, 11) is 0. The zero-order valence-electron chi connectivity index (χ0n) is 15.0. The van der Waals surface area contributed by atoms with Crippen molar-refractivity contribution in [3.8, 4) is 0 Å². The molecule has 1 atom stereocenters. The van der Waals surface area contributed by atoms with Gasteiger partial charge in [0.2, 0.25) is 0 Å². The summed E-state index contributed by atoms with van der Waals surface area (Å²) in [5.74, 6) is -2.17. The van der Waals surface area contributed by atoms with Gasteiger partial charge in [-0.25, -0.2) is 11.0 Å². The van der Waals surface area contributed by atoms with Gasteiger partial charge in [-0.15, -0.1) is 0 Å². The first-order chi connectivity index (χ1) is 10.3. The Labute approximate surface area is 108 Å². The van der Waals surface area contributed by atoms with E-state index in [0.717, 1.165) is 19.1 Å². The maximum absolute atomic E-state index is 13.9. The van der Waals surface area contributed by atoms with Gasteiger partial charge < -0.3 is 10.6 Å². The first-order valence-corrected chi connectivity index (χ1v) is 4.58. The number of hydrogen-bond donors (Lipinski definition) is 2. The molecule has 5 heteroatoms. The minimum absolute atomic E-state index is 0.0254. The summed E-state index contributed by atoms with van der Waals surface area (Å²) >= 11 is 0. The molecule has 1 rings (SSSR count). The van der Waals surface area contributed by atoms with Crippen molar-refractivity contribution in [1.82, 2.24) is 5.32 Å². The summed E-state index contributed by atoms with van der Waals surface area (Å²) in [4.78, 5) is 14.6. The smallest absolute Gasteiger partial charge is 0.299 e.